The number of nitrogens with zero attached hydrogens (tertiary/aromatic N) is 5. The number of carbonyl (C=O) groups excluding carboxylic acids is 1. The maximum Gasteiger partial charge on any atom is 0.433 e. The first-order valence-electron chi connectivity index (χ1n) is 9.14. The molecule has 158 valence electrons. The normalized spacial score (nSPS) is 13.5. The maximum absolute atomic E-state index is 12.9. The van der Waals surface area contributed by atoms with Crippen molar-refractivity contribution in [1.82, 2.24) is 30.2 Å². The zero-order valence-corrected chi connectivity index (χ0v) is 16.0. The number of nitrogens with one attached hydrogen (secondary N) is 2. The summed E-state index contributed by atoms with van der Waals surface area (Å²) in [6.07, 6.45) is 2.83. The molecule has 0 fully saturated rings. The van der Waals surface area contributed by atoms with E-state index in [1.54, 1.807) is 41.7 Å². The zero-order valence-electron chi connectivity index (χ0n) is 16.0. The minimum absolute atomic E-state index is 0.00303. The van der Waals surface area contributed by atoms with Gasteiger partial charge in [-0.3, -0.25) is 9.78 Å². The summed E-state index contributed by atoms with van der Waals surface area (Å²) in [4.78, 5) is 29.5. The fourth-order valence-electron chi connectivity index (χ4n) is 2.94. The molecule has 4 rings (SSSR count). The van der Waals surface area contributed by atoms with Crippen LogP contribution in [0.3, 0.4) is 0 Å². The Bertz CT molecular complexity index is 1100. The minimum atomic E-state index is -4.52. The smallest absolute Gasteiger partial charge is 0.366 e. The van der Waals surface area contributed by atoms with E-state index in [2.05, 4.69) is 30.6 Å². The molecule has 2 N–H and O–H groups in total. The van der Waals surface area contributed by atoms with E-state index in [-0.39, 0.29) is 19.1 Å². The van der Waals surface area contributed by atoms with Crippen molar-refractivity contribution >= 4 is 17.4 Å². The van der Waals surface area contributed by atoms with Gasteiger partial charge in [0.15, 0.2) is 0 Å². The van der Waals surface area contributed by atoms with Crippen LogP contribution in [0.1, 0.15) is 11.3 Å². The van der Waals surface area contributed by atoms with E-state index in [9.17, 15) is 18.0 Å². The topological polar surface area (TPSA) is 95.9 Å². The van der Waals surface area contributed by atoms with Gasteiger partial charge in [-0.25, -0.2) is 15.0 Å². The molecule has 0 saturated carbocycles. The van der Waals surface area contributed by atoms with Crippen LogP contribution in [0.4, 0.5) is 19.0 Å². The van der Waals surface area contributed by atoms with E-state index in [0.29, 0.717) is 22.8 Å². The van der Waals surface area contributed by atoms with Gasteiger partial charge in [-0.15, -0.1) is 0 Å². The summed E-state index contributed by atoms with van der Waals surface area (Å²) >= 11 is 0. The number of aromatic nitrogens is 4. The number of alkyl halides is 3. The van der Waals surface area contributed by atoms with Crippen LogP contribution in [0.15, 0.2) is 61.4 Å². The third-order valence-corrected chi connectivity index (χ3v) is 4.40. The van der Waals surface area contributed by atoms with Crippen LogP contribution in [0, 0.1) is 0 Å². The van der Waals surface area contributed by atoms with E-state index in [1.165, 1.54) is 12.4 Å². The second kappa shape index (κ2) is 8.38. The fourth-order valence-corrected chi connectivity index (χ4v) is 2.94. The quantitative estimate of drug-likeness (QED) is 0.646. The number of anilines is 1. The van der Waals surface area contributed by atoms with E-state index < -0.39 is 11.9 Å². The van der Waals surface area contributed by atoms with Gasteiger partial charge in [0.25, 0.3) is 0 Å². The average molecular weight is 427 g/mol. The van der Waals surface area contributed by atoms with Gasteiger partial charge in [-0.1, -0.05) is 0 Å². The molecule has 1 aliphatic heterocycles. The van der Waals surface area contributed by atoms with Gasteiger partial charge in [0.05, 0.1) is 24.6 Å². The predicted octanol–water partition coefficient (Wildman–Crippen LogP) is 2.75. The molecule has 0 bridgehead atoms. The van der Waals surface area contributed by atoms with Crippen LogP contribution >= 0.6 is 0 Å². The van der Waals surface area contributed by atoms with Crippen molar-refractivity contribution in [2.45, 2.75) is 6.18 Å². The monoisotopic (exact) mass is 427 g/mol. The maximum atomic E-state index is 12.9. The molecule has 0 saturated heterocycles. The molecule has 1 aliphatic rings. The van der Waals surface area contributed by atoms with Crippen molar-refractivity contribution in [1.29, 1.82) is 0 Å². The molecule has 3 aromatic rings. The van der Waals surface area contributed by atoms with Gasteiger partial charge in [0.2, 0.25) is 5.91 Å². The highest BCUT2D eigenvalue weighted by Gasteiger charge is 2.32. The Morgan fingerprint density at radius 3 is 2.68 bits per heavy atom. The lowest BCUT2D eigenvalue weighted by Crippen LogP contribution is -2.31. The van der Waals surface area contributed by atoms with E-state index in [1.807, 2.05) is 0 Å². The second-order valence-electron chi connectivity index (χ2n) is 6.63. The molecule has 8 nitrogen and oxygen atoms in total. The Balaban J connectivity index is 1.37. The highest BCUT2D eigenvalue weighted by molar-refractivity contribution is 5.91. The fraction of sp³-hybridized carbons (Fsp3) is 0.150. The number of rotatable bonds is 5. The van der Waals surface area contributed by atoms with Crippen molar-refractivity contribution in [2.24, 2.45) is 0 Å². The van der Waals surface area contributed by atoms with Crippen molar-refractivity contribution in [2.75, 3.05) is 18.5 Å². The van der Waals surface area contributed by atoms with Crippen LogP contribution in [-0.4, -0.2) is 44.0 Å². The number of hydrogen-bond acceptors (Lipinski definition) is 7. The first-order chi connectivity index (χ1) is 14.9. The van der Waals surface area contributed by atoms with E-state index in [0.717, 1.165) is 17.8 Å². The van der Waals surface area contributed by atoms with E-state index in [4.69, 9.17) is 0 Å². The number of amides is 1. The van der Waals surface area contributed by atoms with Crippen molar-refractivity contribution in [3.05, 3.63) is 72.7 Å². The Labute approximate surface area is 174 Å². The van der Waals surface area contributed by atoms with Crippen LogP contribution in [-0.2, 0) is 11.0 Å². The Morgan fingerprint density at radius 1 is 1.10 bits per heavy atom. The summed E-state index contributed by atoms with van der Waals surface area (Å²) in [5, 5.41) is 5.67. The molecular weight excluding hydrogens is 411 g/mol. The van der Waals surface area contributed by atoms with Crippen molar-refractivity contribution in [3.63, 3.8) is 0 Å². The largest absolute Gasteiger partial charge is 0.433 e. The molecule has 3 aromatic heterocycles. The molecule has 0 aliphatic carbocycles. The molecule has 31 heavy (non-hydrogen) atoms. The minimum Gasteiger partial charge on any atom is -0.366 e. The lowest BCUT2D eigenvalue weighted by Gasteiger charge is -2.13. The molecule has 0 atom stereocenters. The van der Waals surface area contributed by atoms with Crippen LogP contribution in [0.25, 0.3) is 17.0 Å². The molecule has 0 aromatic carbocycles. The summed E-state index contributed by atoms with van der Waals surface area (Å²) < 4.78 is 38.6. The lowest BCUT2D eigenvalue weighted by molar-refractivity contribution is -0.141. The van der Waals surface area contributed by atoms with Gasteiger partial charge in [-0.05, 0) is 30.3 Å². The Kier molecular flexibility index (Phi) is 5.48. The van der Waals surface area contributed by atoms with Crippen molar-refractivity contribution < 1.29 is 18.0 Å². The summed E-state index contributed by atoms with van der Waals surface area (Å²) in [5.41, 5.74) is 1.35. The zero-order chi connectivity index (χ0) is 21.8. The lowest BCUT2D eigenvalue weighted by atomic mass is 10.2. The molecule has 11 heteroatoms. The van der Waals surface area contributed by atoms with Gasteiger partial charge >= 0.3 is 6.18 Å². The van der Waals surface area contributed by atoms with Crippen LogP contribution < -0.4 is 10.6 Å². The third kappa shape index (κ3) is 4.94. The number of hydrogen-bond donors (Lipinski definition) is 2. The average Bonchev–Trinajstić information content (AvgIpc) is 3.23. The second-order valence-corrected chi connectivity index (χ2v) is 6.63. The summed E-state index contributed by atoms with van der Waals surface area (Å²) in [6.45, 7) is 0.287. The SMILES string of the molecule is O=C(CN1C=C(c2ccnc(C(F)(F)F)c2)NC1)Nc1ccc(-c2ccncn2)cn1. The Morgan fingerprint density at radius 2 is 1.97 bits per heavy atom. The summed E-state index contributed by atoms with van der Waals surface area (Å²) in [6, 6.07) is 7.63. The first-order valence-corrected chi connectivity index (χ1v) is 9.14. The predicted molar refractivity (Wildman–Crippen MR) is 106 cm³/mol. The van der Waals surface area contributed by atoms with Gasteiger partial charge in [0.1, 0.15) is 17.8 Å². The van der Waals surface area contributed by atoms with Crippen molar-refractivity contribution in [3.8, 4) is 11.3 Å². The van der Waals surface area contributed by atoms with Crippen LogP contribution in [0.5, 0.6) is 0 Å². The molecule has 0 radical (unpaired) electrons. The van der Waals surface area contributed by atoms with Gasteiger partial charge < -0.3 is 15.5 Å². The van der Waals surface area contributed by atoms with E-state index >= 15 is 0 Å². The Hall–Kier alpha value is -4.02. The molecule has 4 heterocycles. The number of carbonyl (C=O) groups is 1. The molecule has 0 spiro atoms. The first kappa shape index (κ1) is 20.3. The molecule has 0 unspecified atom stereocenters. The highest BCUT2D eigenvalue weighted by Crippen LogP contribution is 2.29. The number of halogens is 3. The molecule has 1 amide bonds. The summed E-state index contributed by atoms with van der Waals surface area (Å²) in [5.74, 6) is 0.0652. The molecular formula is C20H16F3N7O. The standard InChI is InChI=1S/C20H16F3N7O/c21-20(22,23)17-7-13(3-6-25-17)16-9-30(12-28-16)10-19(31)29-18-2-1-14(8-26-18)15-4-5-24-11-27-15/h1-9,11,28H,10,12H2,(H,26,29,31). The van der Waals surface area contributed by atoms with Gasteiger partial charge in [-0.2, -0.15) is 13.2 Å². The number of pyridine rings is 2. The summed E-state index contributed by atoms with van der Waals surface area (Å²) in [7, 11) is 0. The van der Waals surface area contributed by atoms with Gasteiger partial charge in [0, 0.05) is 35.9 Å². The highest BCUT2D eigenvalue weighted by atomic mass is 19.4. The third-order valence-electron chi connectivity index (χ3n) is 4.40. The van der Waals surface area contributed by atoms with Crippen LogP contribution in [0.2, 0.25) is 0 Å².